The second-order valence-electron chi connectivity index (χ2n) is 5.67. The molecule has 0 saturated carbocycles. The topological polar surface area (TPSA) is 88.2 Å². The van der Waals surface area contributed by atoms with Crippen molar-refractivity contribution >= 4 is 23.4 Å². The summed E-state index contributed by atoms with van der Waals surface area (Å²) in [5.74, 6) is 1.13. The zero-order valence-corrected chi connectivity index (χ0v) is 14.6. The number of aromatic nitrogens is 2. The predicted molar refractivity (Wildman–Crippen MR) is 102 cm³/mol. The van der Waals surface area contributed by atoms with Crippen molar-refractivity contribution < 1.29 is 9.84 Å². The molecule has 1 aromatic carbocycles. The standard InChI is InChI=1S/C19H20N4O3/c1-13-4-3-10-23-18(13)22-17(20-9-11-24)16(19(23)25)12-21-14-5-7-15(26-2)8-6-14/h3-8,10,12,20,24H,9,11H2,1-2H3. The van der Waals surface area contributed by atoms with Gasteiger partial charge in [-0.05, 0) is 42.8 Å². The normalized spacial score (nSPS) is 11.2. The van der Waals surface area contributed by atoms with Crippen molar-refractivity contribution in [3.8, 4) is 5.75 Å². The molecule has 7 heteroatoms. The molecular weight excluding hydrogens is 332 g/mol. The highest BCUT2D eigenvalue weighted by Crippen LogP contribution is 2.18. The minimum atomic E-state index is -0.226. The maximum atomic E-state index is 12.9. The van der Waals surface area contributed by atoms with E-state index >= 15 is 0 Å². The largest absolute Gasteiger partial charge is 0.497 e. The Morgan fingerprint density at radius 1 is 1.31 bits per heavy atom. The van der Waals surface area contributed by atoms with E-state index in [-0.39, 0.29) is 18.7 Å². The van der Waals surface area contributed by atoms with E-state index in [0.717, 1.165) is 11.3 Å². The first-order chi connectivity index (χ1) is 12.6. The van der Waals surface area contributed by atoms with Crippen LogP contribution in [0.3, 0.4) is 0 Å². The highest BCUT2D eigenvalue weighted by Gasteiger charge is 2.12. The highest BCUT2D eigenvalue weighted by molar-refractivity contribution is 5.88. The van der Waals surface area contributed by atoms with Gasteiger partial charge in [0.15, 0.2) is 0 Å². The number of aliphatic hydroxyl groups is 1. The Labute approximate surface area is 150 Å². The van der Waals surface area contributed by atoms with Gasteiger partial charge in [0.1, 0.15) is 22.8 Å². The van der Waals surface area contributed by atoms with Crippen LogP contribution in [0.1, 0.15) is 11.1 Å². The Bertz CT molecular complexity index is 994. The molecule has 2 N–H and O–H groups in total. The number of nitrogens with zero attached hydrogens (tertiary/aromatic N) is 3. The number of aliphatic imine (C=N–C) groups is 1. The molecule has 3 rings (SSSR count). The molecule has 0 amide bonds. The third-order valence-electron chi connectivity index (χ3n) is 3.90. The van der Waals surface area contributed by atoms with Crippen LogP contribution in [0.25, 0.3) is 5.65 Å². The minimum absolute atomic E-state index is 0.0656. The van der Waals surface area contributed by atoms with Gasteiger partial charge in [0, 0.05) is 19.0 Å². The van der Waals surface area contributed by atoms with Crippen LogP contribution >= 0.6 is 0 Å². The van der Waals surface area contributed by atoms with Crippen LogP contribution < -0.4 is 15.6 Å². The van der Waals surface area contributed by atoms with Crippen LogP contribution in [0.4, 0.5) is 11.5 Å². The number of pyridine rings is 1. The van der Waals surface area contributed by atoms with Gasteiger partial charge in [-0.1, -0.05) is 6.07 Å². The van der Waals surface area contributed by atoms with E-state index in [2.05, 4.69) is 15.3 Å². The molecule has 2 heterocycles. The number of benzene rings is 1. The minimum Gasteiger partial charge on any atom is -0.497 e. The summed E-state index contributed by atoms with van der Waals surface area (Å²) in [6.07, 6.45) is 3.17. The van der Waals surface area contributed by atoms with E-state index in [1.807, 2.05) is 13.0 Å². The summed E-state index contributed by atoms with van der Waals surface area (Å²) < 4.78 is 6.62. The Morgan fingerprint density at radius 2 is 2.08 bits per heavy atom. The molecule has 0 fully saturated rings. The molecule has 0 aliphatic carbocycles. The van der Waals surface area contributed by atoms with Crippen molar-refractivity contribution in [1.29, 1.82) is 0 Å². The molecule has 134 valence electrons. The number of aryl methyl sites for hydroxylation is 1. The average molecular weight is 352 g/mol. The summed E-state index contributed by atoms with van der Waals surface area (Å²) in [4.78, 5) is 21.8. The van der Waals surface area contributed by atoms with Crippen molar-refractivity contribution in [3.63, 3.8) is 0 Å². The Balaban J connectivity index is 2.08. The monoisotopic (exact) mass is 352 g/mol. The molecule has 0 aliphatic rings. The van der Waals surface area contributed by atoms with Crippen LogP contribution in [0, 0.1) is 6.92 Å². The van der Waals surface area contributed by atoms with Crippen molar-refractivity contribution in [3.05, 3.63) is 64.1 Å². The molecule has 0 bridgehead atoms. The predicted octanol–water partition coefficient (Wildman–Crippen LogP) is 2.17. The van der Waals surface area contributed by atoms with Gasteiger partial charge in [-0.2, -0.15) is 0 Å². The van der Waals surface area contributed by atoms with Gasteiger partial charge in [-0.25, -0.2) is 4.98 Å². The molecule has 0 atom stereocenters. The summed E-state index contributed by atoms with van der Waals surface area (Å²) >= 11 is 0. The van der Waals surface area contributed by atoms with Crippen molar-refractivity contribution in [2.45, 2.75) is 6.92 Å². The molecule has 2 aromatic heterocycles. The van der Waals surface area contributed by atoms with Crippen LogP contribution in [0.5, 0.6) is 5.75 Å². The summed E-state index contributed by atoms with van der Waals surface area (Å²) in [7, 11) is 1.60. The van der Waals surface area contributed by atoms with Crippen LogP contribution in [-0.2, 0) is 0 Å². The Kier molecular flexibility index (Phi) is 5.28. The molecule has 7 nitrogen and oxygen atoms in total. The van der Waals surface area contributed by atoms with Crippen molar-refractivity contribution in [1.82, 2.24) is 9.38 Å². The fraction of sp³-hybridized carbons (Fsp3) is 0.211. The van der Waals surface area contributed by atoms with Crippen LogP contribution in [0.15, 0.2) is 52.4 Å². The second kappa shape index (κ2) is 7.79. The summed E-state index contributed by atoms with van der Waals surface area (Å²) in [5, 5.41) is 12.1. The van der Waals surface area contributed by atoms with Gasteiger partial charge in [0.25, 0.3) is 5.56 Å². The fourth-order valence-corrected chi connectivity index (χ4v) is 2.54. The van der Waals surface area contributed by atoms with Gasteiger partial charge in [-0.15, -0.1) is 0 Å². The SMILES string of the molecule is COc1ccc(N=Cc2c(NCCO)nc3c(C)cccn3c2=O)cc1. The molecule has 0 saturated heterocycles. The lowest BCUT2D eigenvalue weighted by atomic mass is 10.2. The number of hydrogen-bond donors (Lipinski definition) is 2. The lowest BCUT2D eigenvalue weighted by Crippen LogP contribution is -2.23. The number of rotatable bonds is 6. The number of hydrogen-bond acceptors (Lipinski definition) is 6. The maximum Gasteiger partial charge on any atom is 0.268 e. The number of ether oxygens (including phenoxy) is 1. The Hall–Kier alpha value is -3.19. The van der Waals surface area contributed by atoms with Gasteiger partial charge in [0.05, 0.1) is 19.4 Å². The first-order valence-corrected chi connectivity index (χ1v) is 8.19. The highest BCUT2D eigenvalue weighted by atomic mass is 16.5. The number of aliphatic hydroxyl groups excluding tert-OH is 1. The first-order valence-electron chi connectivity index (χ1n) is 8.19. The zero-order valence-electron chi connectivity index (χ0n) is 14.6. The van der Waals surface area contributed by atoms with Crippen molar-refractivity contribution in [2.75, 3.05) is 25.6 Å². The number of nitrogens with one attached hydrogen (secondary N) is 1. The third kappa shape index (κ3) is 3.57. The molecule has 0 unspecified atom stereocenters. The van der Waals surface area contributed by atoms with E-state index < -0.39 is 0 Å². The van der Waals surface area contributed by atoms with E-state index in [1.165, 1.54) is 10.6 Å². The van der Waals surface area contributed by atoms with Gasteiger partial charge in [-0.3, -0.25) is 14.2 Å². The van der Waals surface area contributed by atoms with Gasteiger partial charge < -0.3 is 15.2 Å². The van der Waals surface area contributed by atoms with E-state index in [0.29, 0.717) is 22.7 Å². The number of fused-ring (bicyclic) bond motifs is 1. The second-order valence-corrected chi connectivity index (χ2v) is 5.67. The molecule has 26 heavy (non-hydrogen) atoms. The maximum absolute atomic E-state index is 12.9. The average Bonchev–Trinajstić information content (AvgIpc) is 2.67. The van der Waals surface area contributed by atoms with Crippen molar-refractivity contribution in [2.24, 2.45) is 4.99 Å². The summed E-state index contributed by atoms with van der Waals surface area (Å²) in [6.45, 7) is 2.12. The molecule has 0 spiro atoms. The smallest absolute Gasteiger partial charge is 0.268 e. The van der Waals surface area contributed by atoms with Gasteiger partial charge in [0.2, 0.25) is 0 Å². The van der Waals surface area contributed by atoms with Crippen LogP contribution in [-0.4, -0.2) is 41.0 Å². The molecular formula is C19H20N4O3. The summed E-state index contributed by atoms with van der Waals surface area (Å²) in [5.41, 5.74) is 2.25. The lowest BCUT2D eigenvalue weighted by molar-refractivity contribution is 0.311. The summed E-state index contributed by atoms with van der Waals surface area (Å²) in [6, 6.07) is 10.9. The third-order valence-corrected chi connectivity index (χ3v) is 3.90. The molecule has 0 radical (unpaired) electrons. The zero-order chi connectivity index (χ0) is 18.5. The lowest BCUT2D eigenvalue weighted by Gasteiger charge is -2.10. The van der Waals surface area contributed by atoms with Crippen LogP contribution in [0.2, 0.25) is 0 Å². The van der Waals surface area contributed by atoms with Gasteiger partial charge >= 0.3 is 0 Å². The van der Waals surface area contributed by atoms with E-state index in [4.69, 9.17) is 9.84 Å². The van der Waals surface area contributed by atoms with E-state index in [9.17, 15) is 4.79 Å². The fourth-order valence-electron chi connectivity index (χ4n) is 2.54. The number of methoxy groups -OCH3 is 1. The molecule has 0 aliphatic heterocycles. The number of anilines is 1. The molecule has 3 aromatic rings. The van der Waals surface area contributed by atoms with E-state index in [1.54, 1.807) is 43.6 Å². The Morgan fingerprint density at radius 3 is 2.77 bits per heavy atom. The first kappa shape index (κ1) is 17.6. The quantitative estimate of drug-likeness (QED) is 0.664.